The fourth-order valence-electron chi connectivity index (χ4n) is 0.357. The van der Waals surface area contributed by atoms with Crippen molar-refractivity contribution in [2.75, 3.05) is 6.61 Å². The molecule has 0 amide bonds. The number of aliphatic hydroxyl groups excluding tert-OH is 1. The Morgan fingerprint density at radius 3 is 2.80 bits per heavy atom. The van der Waals surface area contributed by atoms with Crippen molar-refractivity contribution in [3.63, 3.8) is 0 Å². The molecule has 10 heavy (non-hydrogen) atoms. The summed E-state index contributed by atoms with van der Waals surface area (Å²) in [4.78, 5) is 0. The molecule has 0 atom stereocenters. The molecule has 52 valence electrons. The van der Waals surface area contributed by atoms with Gasteiger partial charge in [-0.3, -0.25) is 0 Å². The normalized spacial score (nSPS) is 7.80. The van der Waals surface area contributed by atoms with Gasteiger partial charge in [0.1, 0.15) is 0 Å². The predicted molar refractivity (Wildman–Crippen MR) is 42.1 cm³/mol. The van der Waals surface area contributed by atoms with E-state index in [-0.39, 0.29) is 6.61 Å². The van der Waals surface area contributed by atoms with E-state index in [0.717, 1.165) is 0 Å². The Morgan fingerprint density at radius 2 is 2.20 bits per heavy atom. The maximum Gasteiger partial charge on any atom is 0.0465 e. The van der Waals surface area contributed by atoms with Gasteiger partial charge in [-0.15, -0.1) is 0 Å². The Kier molecular flexibility index (Phi) is 6.90. The highest BCUT2D eigenvalue weighted by Gasteiger charge is 1.68. The lowest BCUT2D eigenvalue weighted by atomic mass is 10.4. The van der Waals surface area contributed by atoms with Crippen LogP contribution in [0.1, 0.15) is 13.3 Å². The quantitative estimate of drug-likeness (QED) is 0.557. The molecule has 0 fully saturated rings. The fourth-order valence-corrected chi connectivity index (χ4v) is 0.357. The molecule has 0 aromatic heterocycles. The van der Waals surface area contributed by atoms with E-state index < -0.39 is 0 Å². The molecule has 1 heteroatoms. The Labute approximate surface area is 61.8 Å². The molecule has 0 aromatic rings. The minimum absolute atomic E-state index is 0.178. The maximum absolute atomic E-state index is 8.34. The second-order valence-corrected chi connectivity index (χ2v) is 1.56. The van der Waals surface area contributed by atoms with E-state index in [1.165, 1.54) is 0 Å². The Hall–Kier alpha value is -1.18. The van der Waals surface area contributed by atoms with Crippen LogP contribution in [0.5, 0.6) is 0 Å². The van der Waals surface area contributed by atoms with E-state index in [1.807, 2.05) is 6.08 Å². The molecule has 1 N–H and O–H groups in total. The molecule has 0 radical (unpaired) electrons. The molecule has 0 aliphatic carbocycles. The highest BCUT2D eigenvalue weighted by Crippen LogP contribution is 1.77. The van der Waals surface area contributed by atoms with E-state index >= 15 is 0 Å². The van der Waals surface area contributed by atoms with E-state index in [2.05, 4.69) is 23.7 Å². The first-order valence-corrected chi connectivity index (χ1v) is 3.10. The van der Waals surface area contributed by atoms with Gasteiger partial charge in [0.25, 0.3) is 0 Å². The van der Waals surface area contributed by atoms with Gasteiger partial charge in [-0.25, -0.2) is 0 Å². The molecular weight excluding hydrogens is 124 g/mol. The SMILES string of the molecule is CC#CC#C/C=C/CCO. The summed E-state index contributed by atoms with van der Waals surface area (Å²) >= 11 is 0. The van der Waals surface area contributed by atoms with Crippen LogP contribution in [0, 0.1) is 23.7 Å². The van der Waals surface area contributed by atoms with Crippen LogP contribution in [-0.4, -0.2) is 11.7 Å². The average molecular weight is 134 g/mol. The van der Waals surface area contributed by atoms with Gasteiger partial charge in [0.15, 0.2) is 0 Å². The predicted octanol–water partition coefficient (Wildman–Crippen LogP) is 0.952. The zero-order valence-electron chi connectivity index (χ0n) is 6.02. The van der Waals surface area contributed by atoms with Gasteiger partial charge in [-0.05, 0) is 31.3 Å². The van der Waals surface area contributed by atoms with Crippen LogP contribution in [0.2, 0.25) is 0 Å². The second kappa shape index (κ2) is 7.82. The molecule has 0 aromatic carbocycles. The molecule has 0 unspecified atom stereocenters. The zero-order chi connectivity index (χ0) is 7.66. The lowest BCUT2D eigenvalue weighted by Gasteiger charge is -1.76. The molecular formula is C9H10O. The number of allylic oxidation sites excluding steroid dienone is 1. The summed E-state index contributed by atoms with van der Waals surface area (Å²) in [7, 11) is 0. The number of hydrogen-bond donors (Lipinski definition) is 1. The minimum Gasteiger partial charge on any atom is -0.396 e. The van der Waals surface area contributed by atoms with Crippen LogP contribution in [0.15, 0.2) is 12.2 Å². The van der Waals surface area contributed by atoms with Gasteiger partial charge in [-0.2, -0.15) is 0 Å². The Morgan fingerprint density at radius 1 is 1.40 bits per heavy atom. The number of hydrogen-bond acceptors (Lipinski definition) is 1. The maximum atomic E-state index is 8.34. The van der Waals surface area contributed by atoms with Crippen LogP contribution >= 0.6 is 0 Å². The Balaban J connectivity index is 3.50. The lowest BCUT2D eigenvalue weighted by Crippen LogP contribution is -1.73. The molecule has 0 saturated heterocycles. The van der Waals surface area contributed by atoms with Crippen LogP contribution in [0.3, 0.4) is 0 Å². The average Bonchev–Trinajstić information content (AvgIpc) is 1.97. The summed E-state index contributed by atoms with van der Waals surface area (Å²) in [6.07, 6.45) is 4.17. The van der Waals surface area contributed by atoms with Crippen LogP contribution in [-0.2, 0) is 0 Å². The number of aliphatic hydroxyl groups is 1. The molecule has 1 nitrogen and oxygen atoms in total. The van der Waals surface area contributed by atoms with E-state index in [0.29, 0.717) is 6.42 Å². The summed E-state index contributed by atoms with van der Waals surface area (Å²) < 4.78 is 0. The standard InChI is InChI=1S/C9H10O/c1-2-3-4-5-6-7-8-9-10/h6-7,10H,8-9H2,1H3/b7-6+. The van der Waals surface area contributed by atoms with Crippen molar-refractivity contribution >= 4 is 0 Å². The topological polar surface area (TPSA) is 20.2 Å². The van der Waals surface area contributed by atoms with Crippen molar-refractivity contribution in [3.8, 4) is 23.7 Å². The fraction of sp³-hybridized carbons (Fsp3) is 0.333. The third-order valence-electron chi connectivity index (χ3n) is 0.757. The monoisotopic (exact) mass is 134 g/mol. The first-order valence-electron chi connectivity index (χ1n) is 3.10. The van der Waals surface area contributed by atoms with Crippen LogP contribution in [0.25, 0.3) is 0 Å². The van der Waals surface area contributed by atoms with Gasteiger partial charge < -0.3 is 5.11 Å². The lowest BCUT2D eigenvalue weighted by molar-refractivity contribution is 0.302. The van der Waals surface area contributed by atoms with Gasteiger partial charge in [-0.1, -0.05) is 17.9 Å². The molecule has 0 spiro atoms. The van der Waals surface area contributed by atoms with E-state index in [4.69, 9.17) is 5.11 Å². The number of rotatable bonds is 2. The molecule has 0 aliphatic rings. The molecule has 0 rings (SSSR count). The molecule has 0 bridgehead atoms. The van der Waals surface area contributed by atoms with Gasteiger partial charge in [0.05, 0.1) is 0 Å². The van der Waals surface area contributed by atoms with Crippen molar-refractivity contribution in [2.45, 2.75) is 13.3 Å². The van der Waals surface area contributed by atoms with Gasteiger partial charge >= 0.3 is 0 Å². The van der Waals surface area contributed by atoms with Crippen molar-refractivity contribution in [1.82, 2.24) is 0 Å². The first-order chi connectivity index (χ1) is 4.91. The highest BCUT2D eigenvalue weighted by molar-refractivity contribution is 5.29. The van der Waals surface area contributed by atoms with Crippen LogP contribution < -0.4 is 0 Å². The summed E-state index contributed by atoms with van der Waals surface area (Å²) in [6.45, 7) is 1.92. The molecule has 0 aliphatic heterocycles. The zero-order valence-corrected chi connectivity index (χ0v) is 6.02. The second-order valence-electron chi connectivity index (χ2n) is 1.56. The van der Waals surface area contributed by atoms with E-state index in [9.17, 15) is 0 Å². The Bertz CT molecular complexity index is 204. The summed E-state index contributed by atoms with van der Waals surface area (Å²) in [5.74, 6) is 10.6. The van der Waals surface area contributed by atoms with Gasteiger partial charge in [0.2, 0.25) is 0 Å². The minimum atomic E-state index is 0.178. The summed E-state index contributed by atoms with van der Waals surface area (Å²) in [5, 5.41) is 8.34. The largest absolute Gasteiger partial charge is 0.396 e. The first kappa shape index (κ1) is 8.82. The smallest absolute Gasteiger partial charge is 0.0465 e. The summed E-state index contributed by atoms with van der Waals surface area (Å²) in [6, 6.07) is 0. The van der Waals surface area contributed by atoms with Crippen molar-refractivity contribution in [3.05, 3.63) is 12.2 Å². The highest BCUT2D eigenvalue weighted by atomic mass is 16.2. The van der Waals surface area contributed by atoms with Crippen LogP contribution in [0.4, 0.5) is 0 Å². The third kappa shape index (κ3) is 6.82. The van der Waals surface area contributed by atoms with Gasteiger partial charge in [0, 0.05) is 6.61 Å². The molecule has 0 heterocycles. The van der Waals surface area contributed by atoms with Crippen molar-refractivity contribution < 1.29 is 5.11 Å². The van der Waals surface area contributed by atoms with Crippen molar-refractivity contribution in [1.29, 1.82) is 0 Å². The van der Waals surface area contributed by atoms with Crippen molar-refractivity contribution in [2.24, 2.45) is 0 Å². The molecule has 0 saturated carbocycles. The van der Waals surface area contributed by atoms with E-state index in [1.54, 1.807) is 13.0 Å². The third-order valence-corrected chi connectivity index (χ3v) is 0.757. The summed E-state index contributed by atoms with van der Waals surface area (Å²) in [5.41, 5.74) is 0.